The van der Waals surface area contributed by atoms with Crippen molar-refractivity contribution in [2.75, 3.05) is 19.8 Å². The van der Waals surface area contributed by atoms with Gasteiger partial charge in [-0.05, 0) is 24.6 Å². The highest BCUT2D eigenvalue weighted by molar-refractivity contribution is 5.22. The number of ether oxygens (including phenoxy) is 1. The van der Waals surface area contributed by atoms with Crippen molar-refractivity contribution >= 4 is 0 Å². The first-order valence-corrected chi connectivity index (χ1v) is 8.39. The minimum Gasteiger partial charge on any atom is -0.377 e. The van der Waals surface area contributed by atoms with E-state index in [-0.39, 0.29) is 5.92 Å². The topological polar surface area (TPSA) is 43.2 Å². The fourth-order valence-electron chi connectivity index (χ4n) is 3.27. The summed E-state index contributed by atoms with van der Waals surface area (Å²) in [4.78, 5) is 2.16. The molecule has 2 heterocycles. The highest BCUT2D eigenvalue weighted by atomic mass is 19.2. The van der Waals surface area contributed by atoms with Gasteiger partial charge in [-0.15, -0.1) is 11.7 Å². The van der Waals surface area contributed by atoms with Crippen molar-refractivity contribution in [1.82, 2.24) is 19.9 Å². The van der Waals surface area contributed by atoms with Crippen LogP contribution in [0.2, 0.25) is 0 Å². The van der Waals surface area contributed by atoms with Crippen LogP contribution in [-0.2, 0) is 24.4 Å². The van der Waals surface area contributed by atoms with Crippen molar-refractivity contribution in [3.05, 3.63) is 59.4 Å². The third-order valence-corrected chi connectivity index (χ3v) is 4.33. The Morgan fingerprint density at radius 3 is 2.92 bits per heavy atom. The lowest BCUT2D eigenvalue weighted by Crippen LogP contribution is -2.36. The number of nitrogens with zero attached hydrogens (tertiary/aromatic N) is 4. The standard InChI is InChI=1S/C18H22F2N4O/c1-3-7-25-12-14-10-23(9-13-5-6-15(19)16(20)8-13)11-17-18(14)24(4-2)22-21-17/h3,5-6,8,14H,1,4,7,9-12H2,2H3. The molecule has 3 rings (SSSR count). The van der Waals surface area contributed by atoms with Crippen LogP contribution in [0.15, 0.2) is 30.9 Å². The number of halogens is 2. The van der Waals surface area contributed by atoms with Crippen molar-refractivity contribution < 1.29 is 13.5 Å². The van der Waals surface area contributed by atoms with Gasteiger partial charge in [0.1, 0.15) is 5.69 Å². The van der Waals surface area contributed by atoms with Crippen molar-refractivity contribution in [3.63, 3.8) is 0 Å². The first-order chi connectivity index (χ1) is 12.1. The van der Waals surface area contributed by atoms with Crippen LogP contribution in [0.3, 0.4) is 0 Å². The van der Waals surface area contributed by atoms with Crippen LogP contribution in [0, 0.1) is 11.6 Å². The molecular weight excluding hydrogens is 326 g/mol. The van der Waals surface area contributed by atoms with Crippen LogP contribution >= 0.6 is 0 Å². The molecule has 1 aromatic carbocycles. The molecule has 0 radical (unpaired) electrons. The third kappa shape index (κ3) is 3.93. The van der Waals surface area contributed by atoms with Crippen LogP contribution in [0.25, 0.3) is 0 Å². The van der Waals surface area contributed by atoms with E-state index >= 15 is 0 Å². The summed E-state index contributed by atoms with van der Waals surface area (Å²) in [6, 6.07) is 4.02. The van der Waals surface area contributed by atoms with Crippen molar-refractivity contribution in [2.24, 2.45) is 0 Å². The molecule has 0 spiro atoms. The van der Waals surface area contributed by atoms with Gasteiger partial charge in [0.25, 0.3) is 0 Å². The van der Waals surface area contributed by atoms with Gasteiger partial charge in [-0.1, -0.05) is 17.4 Å². The lowest BCUT2D eigenvalue weighted by molar-refractivity contribution is 0.111. The lowest BCUT2D eigenvalue weighted by atomic mass is 9.98. The summed E-state index contributed by atoms with van der Waals surface area (Å²) >= 11 is 0. The number of hydrogen-bond donors (Lipinski definition) is 0. The minimum absolute atomic E-state index is 0.129. The zero-order chi connectivity index (χ0) is 17.8. The van der Waals surface area contributed by atoms with Crippen LogP contribution in [0.1, 0.15) is 29.8 Å². The number of rotatable bonds is 7. The van der Waals surface area contributed by atoms with Crippen LogP contribution in [0.5, 0.6) is 0 Å². The van der Waals surface area contributed by atoms with E-state index in [1.54, 1.807) is 12.1 Å². The Morgan fingerprint density at radius 1 is 1.36 bits per heavy atom. The molecule has 5 nitrogen and oxygen atoms in total. The highest BCUT2D eigenvalue weighted by Crippen LogP contribution is 2.28. The Bertz CT molecular complexity index is 747. The molecule has 0 saturated carbocycles. The molecule has 0 fully saturated rings. The molecule has 0 amide bonds. The van der Waals surface area contributed by atoms with E-state index in [1.807, 2.05) is 11.6 Å². The van der Waals surface area contributed by atoms with E-state index in [1.165, 1.54) is 6.07 Å². The maximum absolute atomic E-state index is 13.5. The van der Waals surface area contributed by atoms with Gasteiger partial charge in [0.05, 0.1) is 18.9 Å². The summed E-state index contributed by atoms with van der Waals surface area (Å²) in [5.74, 6) is -1.52. The Labute approximate surface area is 145 Å². The van der Waals surface area contributed by atoms with E-state index in [0.29, 0.717) is 26.3 Å². The molecule has 134 valence electrons. The first-order valence-electron chi connectivity index (χ1n) is 8.39. The molecule has 1 aliphatic rings. The number of hydrogen-bond acceptors (Lipinski definition) is 4. The number of fused-ring (bicyclic) bond motifs is 1. The number of benzene rings is 1. The fraction of sp³-hybridized carbons (Fsp3) is 0.444. The summed E-state index contributed by atoms with van der Waals surface area (Å²) in [6.07, 6.45) is 1.72. The monoisotopic (exact) mass is 348 g/mol. The maximum Gasteiger partial charge on any atom is 0.159 e. The molecule has 2 aromatic rings. The zero-order valence-electron chi connectivity index (χ0n) is 14.3. The summed E-state index contributed by atoms with van der Waals surface area (Å²) in [7, 11) is 0. The average molecular weight is 348 g/mol. The number of aromatic nitrogens is 3. The lowest BCUT2D eigenvalue weighted by Gasteiger charge is -2.32. The highest BCUT2D eigenvalue weighted by Gasteiger charge is 2.30. The summed E-state index contributed by atoms with van der Waals surface area (Å²) in [5, 5.41) is 8.51. The fourth-order valence-corrected chi connectivity index (χ4v) is 3.27. The number of aryl methyl sites for hydroxylation is 1. The van der Waals surface area contributed by atoms with Crippen LogP contribution in [-0.4, -0.2) is 39.7 Å². The largest absolute Gasteiger partial charge is 0.377 e. The molecule has 0 aliphatic carbocycles. The summed E-state index contributed by atoms with van der Waals surface area (Å²) < 4.78 is 34.1. The molecule has 25 heavy (non-hydrogen) atoms. The molecule has 1 atom stereocenters. The second kappa shape index (κ2) is 7.84. The van der Waals surface area contributed by atoms with Gasteiger partial charge in [0.2, 0.25) is 0 Å². The van der Waals surface area contributed by atoms with Crippen molar-refractivity contribution in [3.8, 4) is 0 Å². The molecule has 1 aromatic heterocycles. The van der Waals surface area contributed by atoms with Crippen LogP contribution < -0.4 is 0 Å². The van der Waals surface area contributed by atoms with E-state index in [9.17, 15) is 8.78 Å². The van der Waals surface area contributed by atoms with Gasteiger partial charge in [0.15, 0.2) is 11.6 Å². The van der Waals surface area contributed by atoms with Gasteiger partial charge >= 0.3 is 0 Å². The second-order valence-corrected chi connectivity index (χ2v) is 6.18. The Morgan fingerprint density at radius 2 is 2.20 bits per heavy atom. The Kier molecular flexibility index (Phi) is 5.55. The Hall–Kier alpha value is -2.12. The van der Waals surface area contributed by atoms with Crippen molar-refractivity contribution in [1.29, 1.82) is 0 Å². The molecular formula is C18H22F2N4O. The van der Waals surface area contributed by atoms with E-state index in [0.717, 1.165) is 36.1 Å². The molecule has 0 saturated heterocycles. The van der Waals surface area contributed by atoms with Gasteiger partial charge in [-0.25, -0.2) is 13.5 Å². The quantitative estimate of drug-likeness (QED) is 0.570. The molecule has 1 unspecified atom stereocenters. The van der Waals surface area contributed by atoms with Gasteiger partial charge < -0.3 is 4.74 Å². The third-order valence-electron chi connectivity index (χ3n) is 4.33. The molecule has 1 aliphatic heterocycles. The normalized spacial score (nSPS) is 17.5. The summed E-state index contributed by atoms with van der Waals surface area (Å²) in [6.45, 7) is 9.38. The Balaban J connectivity index is 1.78. The second-order valence-electron chi connectivity index (χ2n) is 6.18. The average Bonchev–Trinajstić information content (AvgIpc) is 3.01. The molecule has 0 bridgehead atoms. The van der Waals surface area contributed by atoms with E-state index in [2.05, 4.69) is 21.8 Å². The predicted octanol–water partition coefficient (Wildman–Crippen LogP) is 2.88. The van der Waals surface area contributed by atoms with E-state index < -0.39 is 11.6 Å². The minimum atomic E-state index is -0.828. The van der Waals surface area contributed by atoms with E-state index in [4.69, 9.17) is 4.74 Å². The van der Waals surface area contributed by atoms with Crippen molar-refractivity contribution in [2.45, 2.75) is 32.5 Å². The maximum atomic E-state index is 13.5. The van der Waals surface area contributed by atoms with Gasteiger partial charge in [-0.3, -0.25) is 4.90 Å². The molecule has 7 heteroatoms. The first kappa shape index (κ1) is 17.7. The van der Waals surface area contributed by atoms with Crippen LogP contribution in [0.4, 0.5) is 8.78 Å². The van der Waals surface area contributed by atoms with Gasteiger partial charge in [0, 0.05) is 32.1 Å². The SMILES string of the molecule is C=CCOCC1CN(Cc2ccc(F)c(F)c2)Cc2nnn(CC)c21. The summed E-state index contributed by atoms with van der Waals surface area (Å²) in [5.41, 5.74) is 2.76. The smallest absolute Gasteiger partial charge is 0.159 e. The zero-order valence-corrected chi connectivity index (χ0v) is 14.3. The van der Waals surface area contributed by atoms with Gasteiger partial charge in [-0.2, -0.15) is 0 Å². The predicted molar refractivity (Wildman–Crippen MR) is 89.9 cm³/mol. The molecule has 0 N–H and O–H groups in total.